The van der Waals surface area contributed by atoms with Crippen LogP contribution in [0.25, 0.3) is 95.7 Å². The first-order valence-corrected chi connectivity index (χ1v) is 21.2. The standard InChI is InChI=1S/C54H33NOS2/c1-4-15-34(16-5-1)37-29-30-42-47(33-37)56-52-38(35-17-6-2-7-18-35)31-32-45(51(42)52)55(46-26-13-23-41-40-21-10-11-27-48(40)57-54(41)46)44-25-14-28-49-50(44)43-24-12-22-39(53(43)58-49)36-19-8-3-9-20-36/h1-33H. The van der Waals surface area contributed by atoms with Gasteiger partial charge in [-0.3, -0.25) is 0 Å². The van der Waals surface area contributed by atoms with Crippen molar-refractivity contribution in [3.05, 3.63) is 200 Å². The fraction of sp³-hybridized carbons (Fsp3) is 0. The van der Waals surface area contributed by atoms with Gasteiger partial charge in [0.05, 0.1) is 27.1 Å². The molecule has 0 spiro atoms. The molecule has 0 aliphatic heterocycles. The molecule has 0 saturated heterocycles. The first-order valence-electron chi connectivity index (χ1n) is 19.6. The number of hydrogen-bond acceptors (Lipinski definition) is 4. The van der Waals surface area contributed by atoms with E-state index in [-0.39, 0.29) is 0 Å². The molecule has 9 aromatic carbocycles. The van der Waals surface area contributed by atoms with Crippen LogP contribution in [-0.2, 0) is 0 Å². The number of nitrogens with zero attached hydrogens (tertiary/aromatic N) is 1. The highest BCUT2D eigenvalue weighted by atomic mass is 32.1. The van der Waals surface area contributed by atoms with E-state index in [0.29, 0.717) is 0 Å². The maximum Gasteiger partial charge on any atom is 0.145 e. The van der Waals surface area contributed by atoms with E-state index in [1.54, 1.807) is 0 Å². The summed E-state index contributed by atoms with van der Waals surface area (Å²) in [7, 11) is 0. The number of fused-ring (bicyclic) bond motifs is 9. The molecule has 58 heavy (non-hydrogen) atoms. The summed E-state index contributed by atoms with van der Waals surface area (Å²) in [6.07, 6.45) is 0. The quantitative estimate of drug-likeness (QED) is 0.167. The molecular weight excluding hydrogens is 743 g/mol. The predicted molar refractivity (Wildman–Crippen MR) is 250 cm³/mol. The van der Waals surface area contributed by atoms with Crippen LogP contribution < -0.4 is 4.90 Å². The Hall–Kier alpha value is -6.98. The van der Waals surface area contributed by atoms with E-state index in [9.17, 15) is 0 Å². The summed E-state index contributed by atoms with van der Waals surface area (Å²) in [6, 6.07) is 72.4. The summed E-state index contributed by atoms with van der Waals surface area (Å²) in [5, 5.41) is 7.23. The minimum atomic E-state index is 0.868. The molecule has 0 unspecified atom stereocenters. The highest BCUT2D eigenvalue weighted by Crippen LogP contribution is 2.53. The molecule has 0 aliphatic rings. The fourth-order valence-corrected chi connectivity index (χ4v) is 11.3. The maximum atomic E-state index is 7.08. The third-order valence-electron chi connectivity index (χ3n) is 11.5. The van der Waals surface area contributed by atoms with E-state index >= 15 is 0 Å². The molecule has 4 heteroatoms. The zero-order valence-electron chi connectivity index (χ0n) is 31.2. The van der Waals surface area contributed by atoms with E-state index in [1.807, 2.05) is 22.7 Å². The van der Waals surface area contributed by atoms with Gasteiger partial charge in [0, 0.05) is 46.6 Å². The Bertz CT molecular complexity index is 3510. The van der Waals surface area contributed by atoms with E-state index in [1.165, 1.54) is 51.5 Å². The lowest BCUT2D eigenvalue weighted by Crippen LogP contribution is -2.11. The van der Waals surface area contributed by atoms with Crippen LogP contribution in [0.5, 0.6) is 0 Å². The summed E-state index contributed by atoms with van der Waals surface area (Å²) in [5.74, 6) is 0. The van der Waals surface area contributed by atoms with Crippen molar-refractivity contribution in [2.24, 2.45) is 0 Å². The number of benzene rings is 9. The molecule has 12 rings (SSSR count). The molecule has 0 radical (unpaired) electrons. The van der Waals surface area contributed by atoms with E-state index in [0.717, 1.165) is 61.3 Å². The van der Waals surface area contributed by atoms with Gasteiger partial charge in [-0.15, -0.1) is 22.7 Å². The lowest BCUT2D eigenvalue weighted by Gasteiger charge is -2.28. The molecule has 0 bridgehead atoms. The van der Waals surface area contributed by atoms with Crippen LogP contribution in [0.4, 0.5) is 17.1 Å². The van der Waals surface area contributed by atoms with Gasteiger partial charge in [-0.1, -0.05) is 152 Å². The van der Waals surface area contributed by atoms with Gasteiger partial charge in [0.2, 0.25) is 0 Å². The summed E-state index contributed by atoms with van der Waals surface area (Å²) >= 11 is 3.74. The highest BCUT2D eigenvalue weighted by Gasteiger charge is 2.27. The van der Waals surface area contributed by atoms with Crippen molar-refractivity contribution in [3.63, 3.8) is 0 Å². The second kappa shape index (κ2) is 13.3. The Morgan fingerprint density at radius 3 is 1.76 bits per heavy atom. The second-order valence-electron chi connectivity index (χ2n) is 14.8. The van der Waals surface area contributed by atoms with E-state index in [4.69, 9.17) is 4.42 Å². The molecule has 0 aliphatic carbocycles. The van der Waals surface area contributed by atoms with Gasteiger partial charge in [0.1, 0.15) is 11.2 Å². The van der Waals surface area contributed by atoms with Gasteiger partial charge in [0.25, 0.3) is 0 Å². The lowest BCUT2D eigenvalue weighted by atomic mass is 9.98. The molecule has 0 saturated carbocycles. The van der Waals surface area contributed by atoms with Gasteiger partial charge in [-0.05, 0) is 76.3 Å². The van der Waals surface area contributed by atoms with Crippen LogP contribution in [0.2, 0.25) is 0 Å². The largest absolute Gasteiger partial charge is 0.455 e. The van der Waals surface area contributed by atoms with Crippen molar-refractivity contribution in [3.8, 4) is 33.4 Å². The van der Waals surface area contributed by atoms with Crippen molar-refractivity contribution in [1.82, 2.24) is 0 Å². The summed E-state index contributed by atoms with van der Waals surface area (Å²) < 4.78 is 12.2. The first kappa shape index (κ1) is 33.2. The lowest BCUT2D eigenvalue weighted by molar-refractivity contribution is 0.670. The molecule has 0 atom stereocenters. The van der Waals surface area contributed by atoms with Crippen molar-refractivity contribution in [2.45, 2.75) is 0 Å². The Balaban J connectivity index is 1.21. The van der Waals surface area contributed by atoms with Gasteiger partial charge in [-0.25, -0.2) is 0 Å². The van der Waals surface area contributed by atoms with E-state index in [2.05, 4.69) is 205 Å². The smallest absolute Gasteiger partial charge is 0.145 e. The topological polar surface area (TPSA) is 16.4 Å². The van der Waals surface area contributed by atoms with Gasteiger partial charge in [-0.2, -0.15) is 0 Å². The van der Waals surface area contributed by atoms with Gasteiger partial charge >= 0.3 is 0 Å². The Morgan fingerprint density at radius 1 is 0.345 bits per heavy atom. The van der Waals surface area contributed by atoms with Crippen LogP contribution in [0, 0.1) is 0 Å². The molecular formula is C54H33NOS2. The summed E-state index contributed by atoms with van der Waals surface area (Å²) in [5.41, 5.74) is 12.1. The minimum Gasteiger partial charge on any atom is -0.455 e. The molecule has 12 aromatic rings. The van der Waals surface area contributed by atoms with Crippen molar-refractivity contribution >= 4 is 102 Å². The molecule has 0 amide bonds. The summed E-state index contributed by atoms with van der Waals surface area (Å²) in [6.45, 7) is 0. The highest BCUT2D eigenvalue weighted by molar-refractivity contribution is 7.27. The zero-order chi connectivity index (χ0) is 38.2. The molecule has 0 fully saturated rings. The van der Waals surface area contributed by atoms with Crippen molar-refractivity contribution < 1.29 is 4.42 Å². The average molecular weight is 776 g/mol. The minimum absolute atomic E-state index is 0.868. The number of anilines is 3. The van der Waals surface area contributed by atoms with Gasteiger partial charge < -0.3 is 9.32 Å². The number of rotatable bonds is 6. The van der Waals surface area contributed by atoms with Crippen LogP contribution >= 0.6 is 22.7 Å². The van der Waals surface area contributed by atoms with E-state index < -0.39 is 0 Å². The maximum absolute atomic E-state index is 7.08. The second-order valence-corrected chi connectivity index (χ2v) is 16.9. The third-order valence-corrected chi connectivity index (χ3v) is 13.9. The number of thiophene rings is 2. The fourth-order valence-electron chi connectivity index (χ4n) is 8.86. The number of hydrogen-bond donors (Lipinski definition) is 0. The molecule has 2 nitrogen and oxygen atoms in total. The summed E-state index contributed by atoms with van der Waals surface area (Å²) in [4.78, 5) is 2.53. The normalized spacial score (nSPS) is 11.8. The van der Waals surface area contributed by atoms with Crippen molar-refractivity contribution in [1.29, 1.82) is 0 Å². The molecule has 3 heterocycles. The first-order chi connectivity index (χ1) is 28.8. The molecule has 0 N–H and O–H groups in total. The third kappa shape index (κ3) is 5.16. The van der Waals surface area contributed by atoms with Crippen LogP contribution in [0.15, 0.2) is 205 Å². The predicted octanol–water partition coefficient (Wildman–Crippen LogP) is 16.8. The Labute approximate surface area is 343 Å². The zero-order valence-corrected chi connectivity index (χ0v) is 32.9. The van der Waals surface area contributed by atoms with Gasteiger partial charge in [0.15, 0.2) is 0 Å². The number of furan rings is 1. The Morgan fingerprint density at radius 2 is 0.948 bits per heavy atom. The van der Waals surface area contributed by atoms with Crippen LogP contribution in [-0.4, -0.2) is 0 Å². The monoisotopic (exact) mass is 775 g/mol. The molecule has 3 aromatic heterocycles. The van der Waals surface area contributed by atoms with Crippen LogP contribution in [0.1, 0.15) is 0 Å². The SMILES string of the molecule is c1ccc(-c2ccc3c(c2)oc2c(-c4ccccc4)ccc(N(c4cccc5c4sc4ccccc45)c4cccc5sc6c(-c7ccccc7)cccc6c45)c23)cc1. The van der Waals surface area contributed by atoms with Crippen molar-refractivity contribution in [2.75, 3.05) is 4.90 Å². The average Bonchev–Trinajstić information content (AvgIpc) is 3.99. The van der Waals surface area contributed by atoms with Crippen LogP contribution in [0.3, 0.4) is 0 Å². The molecule has 272 valence electrons. The Kier molecular flexibility index (Phi) is 7.62.